The van der Waals surface area contributed by atoms with Crippen LogP contribution >= 0.6 is 11.3 Å². The van der Waals surface area contributed by atoms with Gasteiger partial charge in [-0.15, -0.1) is 11.3 Å². The quantitative estimate of drug-likeness (QED) is 0.273. The Morgan fingerprint density at radius 2 is 1.87 bits per heavy atom. The number of carbonyl (C=O) groups excluding carboxylic acids is 2. The smallest absolute Gasteiger partial charge is 0.348 e. The molecule has 0 bridgehead atoms. The lowest BCUT2D eigenvalue weighted by Gasteiger charge is -2.12. The topological polar surface area (TPSA) is 78.8 Å². The molecule has 4 rings (SSSR count). The fourth-order valence-electron chi connectivity index (χ4n) is 3.34. The molecule has 2 aromatic carbocycles. The zero-order valence-corrected chi connectivity index (χ0v) is 17.3. The van der Waals surface area contributed by atoms with Gasteiger partial charge >= 0.3 is 11.9 Å². The summed E-state index contributed by atoms with van der Waals surface area (Å²) in [7, 11) is 0. The highest BCUT2D eigenvalue weighted by molar-refractivity contribution is 7.11. The molecule has 152 valence electrons. The van der Waals surface area contributed by atoms with Gasteiger partial charge in [-0.3, -0.25) is 0 Å². The number of nitrogens with one attached hydrogen (secondary N) is 2. The Hall–Kier alpha value is -3.45. The van der Waals surface area contributed by atoms with Crippen molar-refractivity contribution in [2.75, 3.05) is 25.1 Å². The Bertz CT molecular complexity index is 1200. The number of esters is 2. The second-order valence-corrected chi connectivity index (χ2v) is 7.49. The van der Waals surface area contributed by atoms with Crippen LogP contribution < -0.4 is 10.3 Å². The van der Waals surface area contributed by atoms with E-state index in [2.05, 4.69) is 10.3 Å². The third-order valence-electron chi connectivity index (χ3n) is 4.68. The molecule has 0 saturated carbocycles. The fraction of sp³-hybridized carbons (Fsp3) is 0.174. The van der Waals surface area contributed by atoms with Gasteiger partial charge in [-0.05, 0) is 35.9 Å². The molecule has 0 radical (unpaired) electrons. The number of H-pyrrole nitrogens is 1. The van der Waals surface area contributed by atoms with Gasteiger partial charge in [0.1, 0.15) is 17.0 Å². The molecule has 0 saturated heterocycles. The Morgan fingerprint density at radius 3 is 2.67 bits per heavy atom. The van der Waals surface area contributed by atoms with E-state index in [0.29, 0.717) is 22.7 Å². The number of fused-ring (bicyclic) bond motifs is 3. The number of aromatic amines is 1. The van der Waals surface area contributed by atoms with Gasteiger partial charge in [-0.1, -0.05) is 30.3 Å². The normalized spacial score (nSPS) is 10.8. The molecular formula is C23H21N2O4S+. The molecule has 0 fully saturated rings. The van der Waals surface area contributed by atoms with Gasteiger partial charge in [0, 0.05) is 6.54 Å². The zero-order chi connectivity index (χ0) is 20.9. The van der Waals surface area contributed by atoms with Crippen molar-refractivity contribution in [3.63, 3.8) is 0 Å². The number of hydrogen-bond acceptors (Lipinski definition) is 6. The molecule has 4 aromatic rings. The van der Waals surface area contributed by atoms with Crippen molar-refractivity contribution < 1.29 is 24.0 Å². The predicted molar refractivity (Wildman–Crippen MR) is 117 cm³/mol. The summed E-state index contributed by atoms with van der Waals surface area (Å²) in [5.41, 5.74) is 1.98. The number of carbonyl (C=O) groups is 2. The Kier molecular flexibility index (Phi) is 5.90. The van der Waals surface area contributed by atoms with Crippen molar-refractivity contribution in [2.45, 2.75) is 6.92 Å². The van der Waals surface area contributed by atoms with Crippen LogP contribution in [0.25, 0.3) is 21.7 Å². The van der Waals surface area contributed by atoms with Gasteiger partial charge < -0.3 is 14.8 Å². The number of benzene rings is 2. The molecule has 0 amide bonds. The van der Waals surface area contributed by atoms with Gasteiger partial charge in [0.05, 0.1) is 23.1 Å². The summed E-state index contributed by atoms with van der Waals surface area (Å²) in [6.45, 7) is 2.59. The van der Waals surface area contributed by atoms with E-state index in [4.69, 9.17) is 9.47 Å². The van der Waals surface area contributed by atoms with Crippen LogP contribution in [0.4, 0.5) is 5.69 Å². The van der Waals surface area contributed by atoms with Gasteiger partial charge in [0.2, 0.25) is 5.52 Å². The van der Waals surface area contributed by atoms with E-state index in [9.17, 15) is 9.59 Å². The summed E-state index contributed by atoms with van der Waals surface area (Å²) in [4.78, 5) is 28.3. The number of thiophene rings is 1. The van der Waals surface area contributed by atoms with Gasteiger partial charge in [0.15, 0.2) is 6.20 Å². The second kappa shape index (κ2) is 8.92. The van der Waals surface area contributed by atoms with Crippen LogP contribution in [-0.4, -0.2) is 31.7 Å². The molecule has 0 aliphatic heterocycles. The Balaban J connectivity index is 1.62. The van der Waals surface area contributed by atoms with E-state index in [-0.39, 0.29) is 19.2 Å². The largest absolute Gasteiger partial charge is 0.462 e. The molecule has 2 heterocycles. The summed E-state index contributed by atoms with van der Waals surface area (Å²) in [5.74, 6) is -0.767. The van der Waals surface area contributed by atoms with E-state index in [0.717, 1.165) is 21.7 Å². The first-order chi connectivity index (χ1) is 14.7. The molecular weight excluding hydrogens is 400 g/mol. The lowest BCUT2D eigenvalue weighted by Crippen LogP contribution is -2.19. The maximum atomic E-state index is 12.5. The highest BCUT2D eigenvalue weighted by Gasteiger charge is 2.21. The van der Waals surface area contributed by atoms with E-state index in [1.807, 2.05) is 47.8 Å². The van der Waals surface area contributed by atoms with Crippen molar-refractivity contribution >= 4 is 50.6 Å². The van der Waals surface area contributed by atoms with Crippen molar-refractivity contribution in [1.29, 1.82) is 0 Å². The predicted octanol–water partition coefficient (Wildman–Crippen LogP) is 4.31. The van der Waals surface area contributed by atoms with Crippen LogP contribution in [0.3, 0.4) is 0 Å². The molecule has 30 heavy (non-hydrogen) atoms. The van der Waals surface area contributed by atoms with Crippen LogP contribution in [0.5, 0.6) is 0 Å². The SMILES string of the molecule is CCOC(=O)c1c[nH+]c2c(ccc3ccccc32)c1NCCOC(=O)c1cccs1. The van der Waals surface area contributed by atoms with Crippen LogP contribution in [0.1, 0.15) is 27.0 Å². The van der Waals surface area contributed by atoms with E-state index in [1.54, 1.807) is 19.2 Å². The summed E-state index contributed by atoms with van der Waals surface area (Å²) >= 11 is 1.34. The van der Waals surface area contributed by atoms with Gasteiger partial charge in [0.25, 0.3) is 0 Å². The Morgan fingerprint density at radius 1 is 1.00 bits per heavy atom. The Labute approximate surface area is 177 Å². The number of hydrogen-bond donors (Lipinski definition) is 1. The monoisotopic (exact) mass is 421 g/mol. The first kappa shape index (κ1) is 19.8. The molecule has 6 nitrogen and oxygen atoms in total. The van der Waals surface area contributed by atoms with Crippen LogP contribution in [-0.2, 0) is 9.47 Å². The number of anilines is 1. The lowest BCUT2D eigenvalue weighted by atomic mass is 10.0. The number of aromatic nitrogens is 1. The van der Waals surface area contributed by atoms with Crippen LogP contribution in [0.2, 0.25) is 0 Å². The number of pyridine rings is 1. The third kappa shape index (κ3) is 3.97. The summed E-state index contributed by atoms with van der Waals surface area (Å²) in [6, 6.07) is 15.6. The highest BCUT2D eigenvalue weighted by Crippen LogP contribution is 2.30. The summed E-state index contributed by atoms with van der Waals surface area (Å²) in [5, 5.41) is 8.11. The zero-order valence-electron chi connectivity index (χ0n) is 16.4. The maximum Gasteiger partial charge on any atom is 0.348 e. The standard InChI is InChI=1S/C23H20N2O4S/c1-2-28-22(26)18-14-25-20-16-7-4-3-6-15(16)9-10-17(20)21(18)24-11-12-29-23(27)19-8-5-13-30-19/h3-10,13-14H,2,11-12H2,1H3,(H,24,25)/p+1. The van der Waals surface area contributed by atoms with E-state index < -0.39 is 5.97 Å². The number of ether oxygens (including phenoxy) is 2. The van der Waals surface area contributed by atoms with Crippen molar-refractivity contribution in [3.8, 4) is 0 Å². The summed E-state index contributed by atoms with van der Waals surface area (Å²) < 4.78 is 10.5. The molecule has 0 atom stereocenters. The van der Waals surface area contributed by atoms with Crippen molar-refractivity contribution in [3.05, 3.63) is 70.5 Å². The van der Waals surface area contributed by atoms with E-state index in [1.165, 1.54) is 11.3 Å². The molecule has 0 aliphatic carbocycles. The fourth-order valence-corrected chi connectivity index (χ4v) is 3.96. The molecule has 0 aliphatic rings. The first-order valence-electron chi connectivity index (χ1n) is 9.67. The van der Waals surface area contributed by atoms with E-state index >= 15 is 0 Å². The lowest BCUT2D eigenvalue weighted by molar-refractivity contribution is -0.343. The highest BCUT2D eigenvalue weighted by atomic mass is 32.1. The van der Waals surface area contributed by atoms with Crippen molar-refractivity contribution in [1.82, 2.24) is 0 Å². The molecule has 7 heteroatoms. The van der Waals surface area contributed by atoms with Gasteiger partial charge in [-0.2, -0.15) is 0 Å². The third-order valence-corrected chi connectivity index (χ3v) is 5.53. The van der Waals surface area contributed by atoms with Crippen molar-refractivity contribution in [2.24, 2.45) is 0 Å². The molecule has 0 unspecified atom stereocenters. The van der Waals surface area contributed by atoms with Crippen LogP contribution in [0.15, 0.2) is 60.1 Å². The summed E-state index contributed by atoms with van der Waals surface area (Å²) in [6.07, 6.45) is 1.66. The average Bonchev–Trinajstić information content (AvgIpc) is 3.31. The minimum Gasteiger partial charge on any atom is -0.462 e. The minimum atomic E-state index is -0.415. The molecule has 2 N–H and O–H groups in total. The maximum absolute atomic E-state index is 12.5. The average molecular weight is 421 g/mol. The second-order valence-electron chi connectivity index (χ2n) is 6.55. The van der Waals surface area contributed by atoms with Crippen LogP contribution in [0, 0.1) is 0 Å². The minimum absolute atomic E-state index is 0.173. The molecule has 2 aromatic heterocycles. The van der Waals surface area contributed by atoms with Gasteiger partial charge in [-0.25, -0.2) is 14.6 Å². The first-order valence-corrected chi connectivity index (χ1v) is 10.5. The molecule has 0 spiro atoms. The number of rotatable bonds is 7.